The molecule has 0 aliphatic heterocycles. The molecule has 0 bridgehead atoms. The number of fused-ring (bicyclic) bond motifs is 1. The highest BCUT2D eigenvalue weighted by molar-refractivity contribution is 7.22. The van der Waals surface area contributed by atoms with E-state index in [0.717, 1.165) is 5.56 Å². The molecule has 0 aliphatic rings. The second-order valence-electron chi connectivity index (χ2n) is 5.48. The number of carboxylic acids is 1. The van der Waals surface area contributed by atoms with Gasteiger partial charge in [-0.2, -0.15) is 0 Å². The first-order valence-corrected chi connectivity index (χ1v) is 8.58. The average Bonchev–Trinajstić information content (AvgIpc) is 3.03. The molecule has 3 rings (SSSR count). The molecule has 1 unspecified atom stereocenters. The molecule has 0 saturated heterocycles. The molecule has 24 heavy (non-hydrogen) atoms. The highest BCUT2D eigenvalue weighted by Crippen LogP contribution is 2.34. The normalized spacial score (nSPS) is 12.0. The van der Waals surface area contributed by atoms with E-state index >= 15 is 0 Å². The zero-order valence-corrected chi connectivity index (χ0v) is 14.0. The molecule has 122 valence electrons. The number of aliphatic carboxylic acids is 1. The van der Waals surface area contributed by atoms with Gasteiger partial charge in [-0.05, 0) is 60.2 Å². The van der Waals surface area contributed by atoms with E-state index in [2.05, 4.69) is 24.8 Å². The zero-order chi connectivity index (χ0) is 16.9. The number of benzene rings is 2. The lowest BCUT2D eigenvalue weighted by Crippen LogP contribution is -2.26. The van der Waals surface area contributed by atoms with E-state index in [-0.39, 0.29) is 0 Å². The monoisotopic (exact) mass is 338 g/mol. The summed E-state index contributed by atoms with van der Waals surface area (Å²) >= 11 is 1.74. The van der Waals surface area contributed by atoms with Gasteiger partial charge in [0.1, 0.15) is 5.75 Å². The van der Waals surface area contributed by atoms with Crippen molar-refractivity contribution in [2.45, 2.75) is 18.9 Å². The molecule has 0 aliphatic carbocycles. The Morgan fingerprint density at radius 2 is 1.96 bits per heavy atom. The summed E-state index contributed by atoms with van der Waals surface area (Å²) in [6.07, 6.45) is 1.87. The van der Waals surface area contributed by atoms with Crippen LogP contribution in [0, 0.1) is 0 Å². The Bertz CT molecular complexity index is 816. The number of allylic oxidation sites excluding steroid dienone is 1. The van der Waals surface area contributed by atoms with Crippen molar-refractivity contribution in [2.24, 2.45) is 0 Å². The van der Waals surface area contributed by atoms with Crippen molar-refractivity contribution >= 4 is 27.4 Å². The number of carboxylic acid groups (broad SMARTS) is 1. The quantitative estimate of drug-likeness (QED) is 0.589. The third kappa shape index (κ3) is 3.66. The molecule has 3 aromatic rings. The van der Waals surface area contributed by atoms with Gasteiger partial charge in [0.2, 0.25) is 0 Å². The van der Waals surface area contributed by atoms with Gasteiger partial charge in [0.05, 0.1) is 0 Å². The molecule has 3 nitrogen and oxygen atoms in total. The predicted octanol–water partition coefficient (Wildman–Crippen LogP) is 5.37. The molecule has 2 aromatic carbocycles. The Morgan fingerprint density at radius 3 is 2.62 bits per heavy atom. The van der Waals surface area contributed by atoms with Crippen LogP contribution in [-0.2, 0) is 4.79 Å². The number of hydrogen-bond donors (Lipinski definition) is 1. The number of ether oxygens (including phenoxy) is 1. The molecule has 4 heteroatoms. The summed E-state index contributed by atoms with van der Waals surface area (Å²) in [6, 6.07) is 18.0. The average molecular weight is 338 g/mol. The first kappa shape index (κ1) is 16.3. The van der Waals surface area contributed by atoms with Gasteiger partial charge in [-0.3, -0.25) is 0 Å². The van der Waals surface area contributed by atoms with Crippen LogP contribution >= 0.6 is 11.3 Å². The van der Waals surface area contributed by atoms with Crippen molar-refractivity contribution in [3.63, 3.8) is 0 Å². The maximum Gasteiger partial charge on any atom is 0.344 e. The smallest absolute Gasteiger partial charge is 0.344 e. The summed E-state index contributed by atoms with van der Waals surface area (Å²) in [5, 5.41) is 10.4. The Kier molecular flexibility index (Phi) is 4.96. The van der Waals surface area contributed by atoms with Crippen LogP contribution in [0.2, 0.25) is 0 Å². The number of thiophene rings is 1. The molecule has 1 heterocycles. The molecule has 1 atom stereocenters. The van der Waals surface area contributed by atoms with Gasteiger partial charge < -0.3 is 9.84 Å². The molecule has 1 aromatic heterocycles. The van der Waals surface area contributed by atoms with Gasteiger partial charge in [-0.25, -0.2) is 4.79 Å². The van der Waals surface area contributed by atoms with E-state index < -0.39 is 12.1 Å². The first-order chi connectivity index (χ1) is 11.7. The lowest BCUT2D eigenvalue weighted by atomic mass is 10.1. The maximum atomic E-state index is 11.2. The minimum atomic E-state index is -0.953. The summed E-state index contributed by atoms with van der Waals surface area (Å²) in [7, 11) is 0. The first-order valence-electron chi connectivity index (χ1n) is 7.77. The fourth-order valence-electron chi connectivity index (χ4n) is 2.49. The third-order valence-corrected chi connectivity index (χ3v) is 4.92. The van der Waals surface area contributed by atoms with Crippen molar-refractivity contribution in [2.75, 3.05) is 0 Å². The van der Waals surface area contributed by atoms with Gasteiger partial charge in [0, 0.05) is 9.58 Å². The second kappa shape index (κ2) is 7.32. The molecule has 0 radical (unpaired) electrons. The van der Waals surface area contributed by atoms with Crippen molar-refractivity contribution in [3.8, 4) is 16.2 Å². The summed E-state index contributed by atoms with van der Waals surface area (Å²) in [5.74, 6) is -0.387. The minimum absolute atomic E-state index is 0.414. The summed E-state index contributed by atoms with van der Waals surface area (Å²) in [6.45, 7) is 3.61. The van der Waals surface area contributed by atoms with Crippen LogP contribution in [0.25, 0.3) is 20.5 Å². The van der Waals surface area contributed by atoms with Crippen molar-refractivity contribution in [1.82, 2.24) is 0 Å². The predicted molar refractivity (Wildman–Crippen MR) is 98.7 cm³/mol. The summed E-state index contributed by atoms with van der Waals surface area (Å²) < 4.78 is 6.84. The molecular formula is C20H18O3S. The van der Waals surface area contributed by atoms with E-state index in [0.29, 0.717) is 18.6 Å². The fraction of sp³-hybridized carbons (Fsp3) is 0.150. The molecule has 0 fully saturated rings. The topological polar surface area (TPSA) is 46.5 Å². The Balaban J connectivity index is 1.77. The van der Waals surface area contributed by atoms with Crippen LogP contribution in [-0.4, -0.2) is 17.2 Å². The maximum absolute atomic E-state index is 11.2. The number of carbonyl (C=O) groups is 1. The van der Waals surface area contributed by atoms with Crippen LogP contribution < -0.4 is 4.74 Å². The van der Waals surface area contributed by atoms with E-state index in [1.165, 1.54) is 15.0 Å². The third-order valence-electron chi connectivity index (χ3n) is 3.75. The van der Waals surface area contributed by atoms with Crippen LogP contribution in [0.1, 0.15) is 12.8 Å². The molecular weight excluding hydrogens is 320 g/mol. The van der Waals surface area contributed by atoms with Crippen LogP contribution in [0.4, 0.5) is 0 Å². The van der Waals surface area contributed by atoms with Crippen molar-refractivity contribution in [1.29, 1.82) is 0 Å². The van der Waals surface area contributed by atoms with Crippen LogP contribution in [0.5, 0.6) is 5.75 Å². The van der Waals surface area contributed by atoms with Gasteiger partial charge in [-0.15, -0.1) is 17.9 Å². The summed E-state index contributed by atoms with van der Waals surface area (Å²) in [5.41, 5.74) is 1.10. The lowest BCUT2D eigenvalue weighted by Gasteiger charge is -2.14. The highest BCUT2D eigenvalue weighted by atomic mass is 32.1. The van der Waals surface area contributed by atoms with Crippen molar-refractivity contribution in [3.05, 3.63) is 67.3 Å². The van der Waals surface area contributed by atoms with Gasteiger partial charge in [0.15, 0.2) is 6.10 Å². The number of rotatable bonds is 7. The molecule has 0 spiro atoms. The van der Waals surface area contributed by atoms with Gasteiger partial charge in [-0.1, -0.05) is 24.3 Å². The SMILES string of the molecule is C=CCCC(Oc1ccc(-c2cc3ccccc3s2)cc1)C(=O)O. The lowest BCUT2D eigenvalue weighted by molar-refractivity contribution is -0.145. The molecule has 0 amide bonds. The Morgan fingerprint density at radius 1 is 1.21 bits per heavy atom. The largest absolute Gasteiger partial charge is 0.479 e. The second-order valence-corrected chi connectivity index (χ2v) is 6.57. The Hall–Kier alpha value is -2.59. The van der Waals surface area contributed by atoms with Crippen LogP contribution in [0.15, 0.2) is 67.3 Å². The Labute approximate surface area is 144 Å². The molecule has 1 N–H and O–H groups in total. The van der Waals surface area contributed by atoms with E-state index in [1.54, 1.807) is 17.4 Å². The standard InChI is InChI=1S/C20H18O3S/c1-2-3-7-17(20(21)22)23-16-11-9-14(10-12-16)19-13-15-6-4-5-8-18(15)24-19/h2,4-6,8-13,17H,1,3,7H2,(H,21,22). The van der Waals surface area contributed by atoms with E-state index in [4.69, 9.17) is 4.74 Å². The van der Waals surface area contributed by atoms with Gasteiger partial charge >= 0.3 is 5.97 Å². The number of hydrogen-bond acceptors (Lipinski definition) is 3. The fourth-order valence-corrected chi connectivity index (χ4v) is 3.56. The van der Waals surface area contributed by atoms with E-state index in [9.17, 15) is 9.90 Å². The molecule has 0 saturated carbocycles. The van der Waals surface area contributed by atoms with Crippen molar-refractivity contribution < 1.29 is 14.6 Å². The highest BCUT2D eigenvalue weighted by Gasteiger charge is 2.18. The van der Waals surface area contributed by atoms with Crippen LogP contribution in [0.3, 0.4) is 0 Å². The zero-order valence-electron chi connectivity index (χ0n) is 13.1. The van der Waals surface area contributed by atoms with Gasteiger partial charge in [0.25, 0.3) is 0 Å². The van der Waals surface area contributed by atoms with E-state index in [1.807, 2.05) is 36.4 Å². The minimum Gasteiger partial charge on any atom is -0.479 e. The summed E-state index contributed by atoms with van der Waals surface area (Å²) in [4.78, 5) is 12.4.